The van der Waals surface area contributed by atoms with Crippen molar-refractivity contribution in [3.8, 4) is 0 Å². The summed E-state index contributed by atoms with van der Waals surface area (Å²) in [6.45, 7) is 6.35. The van der Waals surface area contributed by atoms with Crippen LogP contribution in [-0.4, -0.2) is 30.6 Å². The second-order valence-corrected chi connectivity index (χ2v) is 6.59. The Balaban J connectivity index is 2.38. The predicted octanol–water partition coefficient (Wildman–Crippen LogP) is 3.04. The highest BCUT2D eigenvalue weighted by Crippen LogP contribution is 2.42. The van der Waals surface area contributed by atoms with E-state index < -0.39 is 0 Å². The molecular formula is C15H23ClN2. The van der Waals surface area contributed by atoms with Gasteiger partial charge in [-0.15, -0.1) is 0 Å². The lowest BCUT2D eigenvalue weighted by atomic mass is 9.67. The summed E-state index contributed by atoms with van der Waals surface area (Å²) >= 11 is 6.13. The van der Waals surface area contributed by atoms with Gasteiger partial charge in [0.2, 0.25) is 0 Å². The maximum absolute atomic E-state index is 6.13. The molecule has 100 valence electrons. The van der Waals surface area contributed by atoms with Crippen molar-refractivity contribution >= 4 is 11.6 Å². The SMILES string of the molecule is CN1CCC(CN)(c2cccc(Cl)c2)CC1(C)C. The maximum atomic E-state index is 6.13. The van der Waals surface area contributed by atoms with Crippen molar-refractivity contribution in [2.75, 3.05) is 20.1 Å². The Labute approximate surface area is 115 Å². The van der Waals surface area contributed by atoms with Crippen LogP contribution in [0, 0.1) is 0 Å². The summed E-state index contributed by atoms with van der Waals surface area (Å²) in [4.78, 5) is 2.42. The molecule has 0 radical (unpaired) electrons. The molecule has 2 nitrogen and oxygen atoms in total. The van der Waals surface area contributed by atoms with Gasteiger partial charge in [-0.25, -0.2) is 0 Å². The van der Waals surface area contributed by atoms with E-state index in [1.165, 1.54) is 5.56 Å². The van der Waals surface area contributed by atoms with Crippen molar-refractivity contribution in [3.05, 3.63) is 34.9 Å². The zero-order valence-corrected chi connectivity index (χ0v) is 12.3. The smallest absolute Gasteiger partial charge is 0.0408 e. The fraction of sp³-hybridized carbons (Fsp3) is 0.600. The summed E-state index contributed by atoms with van der Waals surface area (Å²) in [5.74, 6) is 0. The molecule has 1 aromatic carbocycles. The monoisotopic (exact) mass is 266 g/mol. The second-order valence-electron chi connectivity index (χ2n) is 6.16. The Morgan fingerprint density at radius 1 is 1.39 bits per heavy atom. The highest BCUT2D eigenvalue weighted by molar-refractivity contribution is 6.30. The molecule has 1 unspecified atom stereocenters. The number of nitrogens with zero attached hydrogens (tertiary/aromatic N) is 1. The van der Waals surface area contributed by atoms with Crippen LogP contribution in [0.1, 0.15) is 32.3 Å². The van der Waals surface area contributed by atoms with Gasteiger partial charge >= 0.3 is 0 Å². The van der Waals surface area contributed by atoms with Gasteiger partial charge in [-0.2, -0.15) is 0 Å². The van der Waals surface area contributed by atoms with Crippen LogP contribution in [0.15, 0.2) is 24.3 Å². The lowest BCUT2D eigenvalue weighted by molar-refractivity contribution is 0.0568. The van der Waals surface area contributed by atoms with E-state index in [0.717, 1.165) is 24.4 Å². The van der Waals surface area contributed by atoms with E-state index in [-0.39, 0.29) is 11.0 Å². The van der Waals surface area contributed by atoms with Gasteiger partial charge in [-0.1, -0.05) is 23.7 Å². The summed E-state index contributed by atoms with van der Waals surface area (Å²) < 4.78 is 0. The molecule has 1 fully saturated rings. The summed E-state index contributed by atoms with van der Waals surface area (Å²) in [6, 6.07) is 8.20. The topological polar surface area (TPSA) is 29.3 Å². The first kappa shape index (κ1) is 13.9. The third-order valence-electron chi connectivity index (χ3n) is 4.56. The van der Waals surface area contributed by atoms with Crippen molar-refractivity contribution < 1.29 is 0 Å². The first-order valence-electron chi connectivity index (χ1n) is 6.57. The van der Waals surface area contributed by atoms with Gasteiger partial charge in [0.15, 0.2) is 0 Å². The minimum Gasteiger partial charge on any atom is -0.330 e. The molecule has 0 amide bonds. The minimum atomic E-state index is 0.0703. The lowest BCUT2D eigenvalue weighted by Gasteiger charge is -2.50. The molecule has 0 saturated carbocycles. The molecule has 1 atom stereocenters. The van der Waals surface area contributed by atoms with E-state index >= 15 is 0 Å². The number of hydrogen-bond donors (Lipinski definition) is 1. The minimum absolute atomic E-state index is 0.0703. The quantitative estimate of drug-likeness (QED) is 0.892. The third-order valence-corrected chi connectivity index (χ3v) is 4.79. The Morgan fingerprint density at radius 2 is 2.11 bits per heavy atom. The highest BCUT2D eigenvalue weighted by atomic mass is 35.5. The predicted molar refractivity (Wildman–Crippen MR) is 78.1 cm³/mol. The number of likely N-dealkylation sites (tertiary alicyclic amines) is 1. The van der Waals surface area contributed by atoms with E-state index in [0.29, 0.717) is 6.54 Å². The van der Waals surface area contributed by atoms with E-state index in [9.17, 15) is 0 Å². The van der Waals surface area contributed by atoms with Crippen LogP contribution in [0.25, 0.3) is 0 Å². The number of rotatable bonds is 2. The van der Waals surface area contributed by atoms with Crippen LogP contribution in [0.3, 0.4) is 0 Å². The van der Waals surface area contributed by atoms with E-state index in [4.69, 9.17) is 17.3 Å². The van der Waals surface area contributed by atoms with Crippen LogP contribution >= 0.6 is 11.6 Å². The molecule has 1 heterocycles. The molecule has 0 aliphatic carbocycles. The summed E-state index contributed by atoms with van der Waals surface area (Å²) in [5, 5.41) is 0.803. The van der Waals surface area contributed by atoms with Crippen LogP contribution in [0.2, 0.25) is 5.02 Å². The molecule has 0 aromatic heterocycles. The zero-order valence-electron chi connectivity index (χ0n) is 11.5. The molecule has 18 heavy (non-hydrogen) atoms. The van der Waals surface area contributed by atoms with Gasteiger partial charge in [0.25, 0.3) is 0 Å². The molecule has 1 aliphatic heterocycles. The summed E-state index contributed by atoms with van der Waals surface area (Å²) in [5.41, 5.74) is 7.67. The van der Waals surface area contributed by atoms with Crippen molar-refractivity contribution in [1.82, 2.24) is 4.90 Å². The molecular weight excluding hydrogens is 244 g/mol. The molecule has 2 rings (SSSR count). The number of piperidine rings is 1. The average molecular weight is 267 g/mol. The Kier molecular flexibility index (Phi) is 3.72. The Hall–Kier alpha value is -0.570. The van der Waals surface area contributed by atoms with E-state index in [1.54, 1.807) is 0 Å². The normalized spacial score (nSPS) is 28.3. The fourth-order valence-electron chi connectivity index (χ4n) is 3.09. The van der Waals surface area contributed by atoms with Crippen molar-refractivity contribution in [3.63, 3.8) is 0 Å². The van der Waals surface area contributed by atoms with E-state index in [2.05, 4.69) is 37.9 Å². The molecule has 0 spiro atoms. The molecule has 1 aromatic rings. The van der Waals surface area contributed by atoms with Gasteiger partial charge in [0.05, 0.1) is 0 Å². The number of benzene rings is 1. The second kappa shape index (κ2) is 4.84. The largest absolute Gasteiger partial charge is 0.330 e. The van der Waals surface area contributed by atoms with Crippen molar-refractivity contribution in [1.29, 1.82) is 0 Å². The fourth-order valence-corrected chi connectivity index (χ4v) is 3.28. The number of halogens is 1. The molecule has 1 aliphatic rings. The van der Waals surface area contributed by atoms with E-state index in [1.807, 2.05) is 12.1 Å². The highest BCUT2D eigenvalue weighted by Gasteiger charge is 2.42. The lowest BCUT2D eigenvalue weighted by Crippen LogP contribution is -2.55. The summed E-state index contributed by atoms with van der Waals surface area (Å²) in [6.07, 6.45) is 2.18. The third kappa shape index (κ3) is 2.42. The zero-order chi connectivity index (χ0) is 13.4. The Bertz CT molecular complexity index is 430. The van der Waals surface area contributed by atoms with Crippen LogP contribution in [-0.2, 0) is 5.41 Å². The van der Waals surface area contributed by atoms with Crippen LogP contribution in [0.4, 0.5) is 0 Å². The first-order chi connectivity index (χ1) is 8.39. The standard InChI is InChI=1S/C15H23ClN2/c1-14(2)10-15(11-17,7-8-18(14)3)12-5-4-6-13(16)9-12/h4-6,9H,7-8,10-11,17H2,1-3H3. The van der Waals surface area contributed by atoms with Crippen molar-refractivity contribution in [2.24, 2.45) is 5.73 Å². The van der Waals surface area contributed by atoms with Gasteiger partial charge in [-0.05, 0) is 58.0 Å². The van der Waals surface area contributed by atoms with Gasteiger partial charge < -0.3 is 10.6 Å². The van der Waals surface area contributed by atoms with Crippen molar-refractivity contribution in [2.45, 2.75) is 37.6 Å². The molecule has 3 heteroatoms. The molecule has 1 saturated heterocycles. The maximum Gasteiger partial charge on any atom is 0.0408 e. The molecule has 2 N–H and O–H groups in total. The van der Waals surface area contributed by atoms with Gasteiger partial charge in [0, 0.05) is 22.5 Å². The molecule has 0 bridgehead atoms. The average Bonchev–Trinajstić information content (AvgIpc) is 2.33. The number of hydrogen-bond acceptors (Lipinski definition) is 2. The summed E-state index contributed by atoms with van der Waals surface area (Å²) in [7, 11) is 2.19. The van der Waals surface area contributed by atoms with Crippen LogP contribution in [0.5, 0.6) is 0 Å². The Morgan fingerprint density at radius 3 is 2.67 bits per heavy atom. The number of nitrogens with two attached hydrogens (primary N) is 1. The first-order valence-corrected chi connectivity index (χ1v) is 6.95. The van der Waals surface area contributed by atoms with Gasteiger partial charge in [0.1, 0.15) is 0 Å². The van der Waals surface area contributed by atoms with Crippen LogP contribution < -0.4 is 5.73 Å². The van der Waals surface area contributed by atoms with Gasteiger partial charge in [-0.3, -0.25) is 0 Å².